The second-order valence-corrected chi connectivity index (χ2v) is 5.28. The van der Waals surface area contributed by atoms with Crippen LogP contribution in [-0.2, 0) is 4.43 Å². The van der Waals surface area contributed by atoms with Crippen LogP contribution in [0.4, 0.5) is 0 Å². The number of hydrogen-bond acceptors (Lipinski definition) is 2. The summed E-state index contributed by atoms with van der Waals surface area (Å²) in [6, 6.07) is 16.3. The predicted molar refractivity (Wildman–Crippen MR) is 86.7 cm³/mol. The average Bonchev–Trinajstić information content (AvgIpc) is 2.83. The number of pyridine rings is 1. The van der Waals surface area contributed by atoms with Gasteiger partial charge in [-0.3, -0.25) is 0 Å². The Morgan fingerprint density at radius 1 is 0.947 bits per heavy atom. The maximum absolute atomic E-state index is 6.02. The largest absolute Gasteiger partial charge is 0.454 e. The number of nitrogens with zero attached hydrogens (tertiary/aromatic N) is 1. The number of aromatic nitrogens is 1. The topological polar surface area (TPSA) is 26.0 Å². The van der Waals surface area contributed by atoms with E-state index in [0.29, 0.717) is 0 Å². The van der Waals surface area contributed by atoms with Crippen LogP contribution in [0.15, 0.2) is 52.9 Å². The zero-order valence-electron chi connectivity index (χ0n) is 10.1. The van der Waals surface area contributed by atoms with Crippen molar-refractivity contribution in [3.05, 3.63) is 54.1 Å². The van der Waals surface area contributed by atoms with Crippen molar-refractivity contribution in [2.24, 2.45) is 0 Å². The van der Waals surface area contributed by atoms with Crippen molar-refractivity contribution < 1.29 is 4.42 Å². The van der Waals surface area contributed by atoms with Gasteiger partial charge in [0, 0.05) is 20.8 Å². The van der Waals surface area contributed by atoms with Crippen LogP contribution in [0, 0.1) is 0 Å². The zero-order chi connectivity index (χ0) is 12.8. The van der Waals surface area contributed by atoms with Crippen LogP contribution in [0.3, 0.4) is 0 Å². The quantitative estimate of drug-likeness (QED) is 0.350. The van der Waals surface area contributed by atoms with Crippen molar-refractivity contribution in [2.45, 2.75) is 4.43 Å². The fraction of sp³-hybridized carbons (Fsp3) is 0.0625. The number of halogens is 1. The summed E-state index contributed by atoms with van der Waals surface area (Å²) >= 11 is 2.39. The summed E-state index contributed by atoms with van der Waals surface area (Å²) in [6.45, 7) is 0. The predicted octanol–water partition coefficient (Wildman–Crippen LogP) is 5.07. The molecule has 4 aromatic rings. The van der Waals surface area contributed by atoms with Crippen LogP contribution >= 0.6 is 22.6 Å². The number of furan rings is 1. The smallest absolute Gasteiger partial charge is 0.158 e. The van der Waals surface area contributed by atoms with E-state index >= 15 is 0 Å². The lowest BCUT2D eigenvalue weighted by molar-refractivity contribution is 0.665. The van der Waals surface area contributed by atoms with E-state index in [4.69, 9.17) is 9.40 Å². The number of benzene rings is 2. The second kappa shape index (κ2) is 4.20. The highest BCUT2D eigenvalue weighted by Gasteiger charge is 2.14. The van der Waals surface area contributed by atoms with Crippen molar-refractivity contribution in [3.63, 3.8) is 0 Å². The SMILES string of the molecule is ICc1c2ccccc2nc2c1oc1ccccc12. The molecule has 4 rings (SSSR count). The van der Waals surface area contributed by atoms with Gasteiger partial charge in [0.15, 0.2) is 5.58 Å². The molecule has 2 aromatic carbocycles. The number of alkyl halides is 1. The number of hydrogen-bond donors (Lipinski definition) is 0. The van der Waals surface area contributed by atoms with Crippen LogP contribution in [0.2, 0.25) is 0 Å². The Labute approximate surface area is 123 Å². The van der Waals surface area contributed by atoms with Crippen molar-refractivity contribution in [3.8, 4) is 0 Å². The van der Waals surface area contributed by atoms with Crippen molar-refractivity contribution in [1.82, 2.24) is 4.98 Å². The van der Waals surface area contributed by atoms with E-state index in [2.05, 4.69) is 40.8 Å². The first-order valence-corrected chi connectivity index (χ1v) is 7.66. The fourth-order valence-corrected chi connectivity index (χ4v) is 3.31. The molecule has 0 atom stereocenters. The monoisotopic (exact) mass is 359 g/mol. The van der Waals surface area contributed by atoms with Crippen molar-refractivity contribution in [2.75, 3.05) is 0 Å². The third kappa shape index (κ3) is 1.57. The van der Waals surface area contributed by atoms with E-state index in [1.165, 1.54) is 10.9 Å². The summed E-state index contributed by atoms with van der Waals surface area (Å²) < 4.78 is 6.93. The maximum atomic E-state index is 6.02. The van der Waals surface area contributed by atoms with Crippen LogP contribution in [0.25, 0.3) is 33.0 Å². The minimum Gasteiger partial charge on any atom is -0.454 e. The Balaban J connectivity index is 2.31. The highest BCUT2D eigenvalue weighted by Crippen LogP contribution is 2.34. The number of para-hydroxylation sites is 2. The van der Waals surface area contributed by atoms with Crippen molar-refractivity contribution in [1.29, 1.82) is 0 Å². The number of rotatable bonds is 1. The molecule has 0 radical (unpaired) electrons. The van der Waals surface area contributed by atoms with Gasteiger partial charge < -0.3 is 4.42 Å². The minimum absolute atomic E-state index is 0.909. The Kier molecular flexibility index (Phi) is 2.48. The summed E-state index contributed by atoms with van der Waals surface area (Å²) in [6.07, 6.45) is 0. The Morgan fingerprint density at radius 2 is 1.68 bits per heavy atom. The Bertz CT molecular complexity index is 910. The molecule has 0 aliphatic heterocycles. The Morgan fingerprint density at radius 3 is 2.53 bits per heavy atom. The first-order valence-electron chi connectivity index (χ1n) is 6.13. The molecule has 0 spiro atoms. The summed E-state index contributed by atoms with van der Waals surface area (Å²) in [5, 5.41) is 2.28. The molecule has 2 nitrogen and oxygen atoms in total. The molecular formula is C16H10INO. The molecule has 2 aromatic heterocycles. The summed E-state index contributed by atoms with van der Waals surface area (Å²) in [5.74, 6) is 0. The molecule has 0 bridgehead atoms. The summed E-state index contributed by atoms with van der Waals surface area (Å²) in [7, 11) is 0. The van der Waals surface area contributed by atoms with Gasteiger partial charge in [-0.1, -0.05) is 52.9 Å². The van der Waals surface area contributed by atoms with Gasteiger partial charge in [-0.2, -0.15) is 0 Å². The van der Waals surface area contributed by atoms with E-state index in [-0.39, 0.29) is 0 Å². The van der Waals surface area contributed by atoms with E-state index in [1.807, 2.05) is 30.3 Å². The van der Waals surface area contributed by atoms with Crippen LogP contribution in [0.1, 0.15) is 5.56 Å². The lowest BCUT2D eigenvalue weighted by atomic mass is 10.1. The molecule has 0 aliphatic carbocycles. The van der Waals surface area contributed by atoms with Gasteiger partial charge in [0.2, 0.25) is 0 Å². The van der Waals surface area contributed by atoms with Gasteiger partial charge in [-0.25, -0.2) is 4.98 Å². The van der Waals surface area contributed by atoms with Gasteiger partial charge in [-0.05, 0) is 18.2 Å². The van der Waals surface area contributed by atoms with Gasteiger partial charge in [0.05, 0.1) is 5.52 Å². The molecule has 0 saturated heterocycles. The van der Waals surface area contributed by atoms with Gasteiger partial charge in [-0.15, -0.1) is 0 Å². The second-order valence-electron chi connectivity index (χ2n) is 4.52. The lowest BCUT2D eigenvalue weighted by Crippen LogP contribution is -1.87. The minimum atomic E-state index is 0.909. The zero-order valence-corrected chi connectivity index (χ0v) is 12.2. The van der Waals surface area contributed by atoms with E-state index in [0.717, 1.165) is 32.0 Å². The normalized spacial score (nSPS) is 11.6. The Hall–Kier alpha value is -1.62. The highest BCUT2D eigenvalue weighted by atomic mass is 127. The third-order valence-electron chi connectivity index (χ3n) is 3.44. The molecule has 3 heteroatoms. The van der Waals surface area contributed by atoms with Gasteiger partial charge >= 0.3 is 0 Å². The molecular weight excluding hydrogens is 349 g/mol. The first-order chi connectivity index (χ1) is 9.38. The molecule has 92 valence electrons. The summed E-state index contributed by atoms with van der Waals surface area (Å²) in [5.41, 5.74) is 5.08. The van der Waals surface area contributed by atoms with Gasteiger partial charge in [0.25, 0.3) is 0 Å². The van der Waals surface area contributed by atoms with Crippen molar-refractivity contribution >= 4 is 55.6 Å². The summed E-state index contributed by atoms with van der Waals surface area (Å²) in [4.78, 5) is 4.78. The average molecular weight is 359 g/mol. The highest BCUT2D eigenvalue weighted by molar-refractivity contribution is 14.1. The van der Waals surface area contributed by atoms with E-state index in [1.54, 1.807) is 0 Å². The molecule has 0 N–H and O–H groups in total. The first kappa shape index (κ1) is 11.2. The third-order valence-corrected chi connectivity index (χ3v) is 4.20. The molecule has 2 heterocycles. The van der Waals surface area contributed by atoms with E-state index in [9.17, 15) is 0 Å². The standard InChI is InChI=1S/C16H10INO/c17-9-12-10-5-1-3-7-13(10)18-15-11-6-2-4-8-14(11)19-16(12)15/h1-8H,9H2. The van der Waals surface area contributed by atoms with Crippen LogP contribution < -0.4 is 0 Å². The number of fused-ring (bicyclic) bond motifs is 4. The molecule has 0 fully saturated rings. The van der Waals surface area contributed by atoms with Crippen LogP contribution in [0.5, 0.6) is 0 Å². The molecule has 0 saturated carbocycles. The molecule has 19 heavy (non-hydrogen) atoms. The van der Waals surface area contributed by atoms with Crippen LogP contribution in [-0.4, -0.2) is 4.98 Å². The molecule has 0 aliphatic rings. The molecule has 0 unspecified atom stereocenters. The van der Waals surface area contributed by atoms with E-state index < -0.39 is 0 Å². The lowest BCUT2D eigenvalue weighted by Gasteiger charge is -2.03. The van der Waals surface area contributed by atoms with Gasteiger partial charge in [0.1, 0.15) is 11.1 Å². The maximum Gasteiger partial charge on any atom is 0.158 e. The fourth-order valence-electron chi connectivity index (χ4n) is 2.55. The molecule has 0 amide bonds.